The van der Waals surface area contributed by atoms with E-state index in [9.17, 15) is 0 Å². The highest BCUT2D eigenvalue weighted by Gasteiger charge is 2.18. The van der Waals surface area contributed by atoms with Crippen molar-refractivity contribution in [2.75, 3.05) is 0 Å². The minimum atomic E-state index is 1.04. The summed E-state index contributed by atoms with van der Waals surface area (Å²) < 4.78 is 0. The molecule has 0 aliphatic rings. The first-order valence-electron chi connectivity index (χ1n) is 14.7. The lowest BCUT2D eigenvalue weighted by Crippen LogP contribution is -1.93. The largest absolute Gasteiger partial charge is 0.265 e. The van der Waals surface area contributed by atoms with E-state index in [0.29, 0.717) is 0 Å². The van der Waals surface area contributed by atoms with E-state index in [4.69, 9.17) is 4.98 Å². The van der Waals surface area contributed by atoms with Gasteiger partial charge < -0.3 is 0 Å². The summed E-state index contributed by atoms with van der Waals surface area (Å²) in [5, 5.41) is 4.80. The molecular formula is C41H27N3. The van der Waals surface area contributed by atoms with Gasteiger partial charge in [-0.05, 0) is 96.9 Å². The molecule has 0 amide bonds. The Morgan fingerprint density at radius 3 is 1.66 bits per heavy atom. The molecule has 206 valence electrons. The predicted molar refractivity (Wildman–Crippen MR) is 182 cm³/mol. The molecule has 0 N–H and O–H groups in total. The van der Waals surface area contributed by atoms with Gasteiger partial charge in [-0.3, -0.25) is 15.0 Å². The van der Waals surface area contributed by atoms with Crippen molar-refractivity contribution in [3.63, 3.8) is 0 Å². The zero-order valence-corrected chi connectivity index (χ0v) is 23.9. The fourth-order valence-corrected chi connectivity index (χ4v) is 6.28. The number of pyridine rings is 3. The predicted octanol–water partition coefficient (Wildman–Crippen LogP) is 10.5. The summed E-state index contributed by atoms with van der Waals surface area (Å²) in [6.45, 7) is 0. The van der Waals surface area contributed by atoms with E-state index in [0.717, 1.165) is 22.3 Å². The maximum Gasteiger partial charge on any atom is 0.0347 e. The molecule has 0 bridgehead atoms. The smallest absolute Gasteiger partial charge is 0.0347 e. The first-order chi connectivity index (χ1) is 21.8. The topological polar surface area (TPSA) is 38.7 Å². The highest BCUT2D eigenvalue weighted by molar-refractivity contribution is 6.22. The van der Waals surface area contributed by atoms with Gasteiger partial charge in [0.1, 0.15) is 0 Å². The molecule has 3 aromatic heterocycles. The summed E-state index contributed by atoms with van der Waals surface area (Å²) in [5.74, 6) is 0. The molecule has 0 radical (unpaired) electrons. The molecule has 0 atom stereocenters. The number of fused-ring (bicyclic) bond motifs is 2. The lowest BCUT2D eigenvalue weighted by molar-refractivity contribution is 1.30. The van der Waals surface area contributed by atoms with Gasteiger partial charge in [-0.25, -0.2) is 0 Å². The zero-order valence-electron chi connectivity index (χ0n) is 23.9. The fraction of sp³-hybridized carbons (Fsp3) is 0. The third-order valence-corrected chi connectivity index (χ3v) is 8.32. The Morgan fingerprint density at radius 2 is 0.864 bits per heavy atom. The number of hydrogen-bond acceptors (Lipinski definition) is 3. The first kappa shape index (κ1) is 25.8. The van der Waals surface area contributed by atoms with Gasteiger partial charge >= 0.3 is 0 Å². The molecule has 0 unspecified atom stereocenters. The van der Waals surface area contributed by atoms with Crippen molar-refractivity contribution in [2.24, 2.45) is 0 Å². The standard InChI is InChI=1S/C41H27N3/c1-2-8-28(9-3-1)31-15-16-38-39(24-31)40(32-11-6-10-30(22-32)29-17-20-42-21-18-29)36-13-4-5-14-37(36)41(38)35-23-34(26-44-27-35)33-12-7-19-43-25-33/h1-27H. The maximum atomic E-state index is 4.71. The number of benzene rings is 5. The van der Waals surface area contributed by atoms with Gasteiger partial charge in [-0.15, -0.1) is 0 Å². The second-order valence-electron chi connectivity index (χ2n) is 10.9. The van der Waals surface area contributed by atoms with Gasteiger partial charge in [0.15, 0.2) is 0 Å². The number of hydrogen-bond donors (Lipinski definition) is 0. The Kier molecular flexibility index (Phi) is 6.47. The van der Waals surface area contributed by atoms with Crippen LogP contribution < -0.4 is 0 Å². The van der Waals surface area contributed by atoms with Crippen molar-refractivity contribution in [3.05, 3.63) is 165 Å². The van der Waals surface area contributed by atoms with E-state index in [1.54, 1.807) is 6.20 Å². The molecule has 0 aliphatic carbocycles. The molecule has 8 rings (SSSR count). The first-order valence-corrected chi connectivity index (χ1v) is 14.7. The molecule has 3 heterocycles. The van der Waals surface area contributed by atoms with E-state index in [2.05, 4.69) is 131 Å². The van der Waals surface area contributed by atoms with Crippen LogP contribution in [0.1, 0.15) is 0 Å². The van der Waals surface area contributed by atoms with Crippen molar-refractivity contribution < 1.29 is 0 Å². The molecular weight excluding hydrogens is 534 g/mol. The van der Waals surface area contributed by atoms with Crippen LogP contribution in [-0.4, -0.2) is 15.0 Å². The normalized spacial score (nSPS) is 11.2. The Hall–Kier alpha value is -5.93. The van der Waals surface area contributed by atoms with Crippen LogP contribution in [0.2, 0.25) is 0 Å². The van der Waals surface area contributed by atoms with Gasteiger partial charge in [-0.2, -0.15) is 0 Å². The van der Waals surface area contributed by atoms with E-state index in [1.807, 2.05) is 37.1 Å². The summed E-state index contributed by atoms with van der Waals surface area (Å²) in [4.78, 5) is 13.3. The van der Waals surface area contributed by atoms with Crippen LogP contribution in [0.3, 0.4) is 0 Å². The lowest BCUT2D eigenvalue weighted by Gasteiger charge is -2.19. The summed E-state index contributed by atoms with van der Waals surface area (Å²) >= 11 is 0. The van der Waals surface area contributed by atoms with Gasteiger partial charge in [-0.1, -0.05) is 91.0 Å². The zero-order chi connectivity index (χ0) is 29.3. The molecule has 8 aromatic rings. The average molecular weight is 562 g/mol. The molecule has 3 heteroatoms. The van der Waals surface area contributed by atoms with Gasteiger partial charge in [0.2, 0.25) is 0 Å². The van der Waals surface area contributed by atoms with Crippen LogP contribution in [0.25, 0.3) is 77.2 Å². The second kappa shape index (κ2) is 11.0. The Balaban J connectivity index is 1.45. The minimum Gasteiger partial charge on any atom is -0.265 e. The quantitative estimate of drug-likeness (QED) is 0.196. The van der Waals surface area contributed by atoms with Gasteiger partial charge in [0.05, 0.1) is 0 Å². The molecule has 0 saturated carbocycles. The van der Waals surface area contributed by atoms with Crippen molar-refractivity contribution in [3.8, 4) is 55.6 Å². The van der Waals surface area contributed by atoms with Crippen LogP contribution >= 0.6 is 0 Å². The number of rotatable bonds is 5. The van der Waals surface area contributed by atoms with Gasteiger partial charge in [0.25, 0.3) is 0 Å². The molecule has 0 spiro atoms. The van der Waals surface area contributed by atoms with Crippen LogP contribution in [0.4, 0.5) is 0 Å². The van der Waals surface area contributed by atoms with Crippen LogP contribution in [-0.2, 0) is 0 Å². The monoisotopic (exact) mass is 561 g/mol. The van der Waals surface area contributed by atoms with Crippen molar-refractivity contribution >= 4 is 21.5 Å². The van der Waals surface area contributed by atoms with Crippen molar-refractivity contribution in [2.45, 2.75) is 0 Å². The van der Waals surface area contributed by atoms with Gasteiger partial charge in [0, 0.05) is 53.9 Å². The lowest BCUT2D eigenvalue weighted by atomic mass is 9.84. The van der Waals surface area contributed by atoms with E-state index in [1.165, 1.54) is 54.9 Å². The molecule has 0 aliphatic heterocycles. The molecule has 0 saturated heterocycles. The minimum absolute atomic E-state index is 1.04. The van der Waals surface area contributed by atoms with Crippen LogP contribution in [0, 0.1) is 0 Å². The molecule has 0 fully saturated rings. The Labute approximate surface area is 256 Å². The fourth-order valence-electron chi connectivity index (χ4n) is 6.28. The molecule has 3 nitrogen and oxygen atoms in total. The third kappa shape index (κ3) is 4.61. The Morgan fingerprint density at radius 1 is 0.273 bits per heavy atom. The highest BCUT2D eigenvalue weighted by atomic mass is 14.6. The third-order valence-electron chi connectivity index (χ3n) is 8.32. The summed E-state index contributed by atoms with van der Waals surface area (Å²) in [5.41, 5.74) is 11.5. The van der Waals surface area contributed by atoms with Crippen molar-refractivity contribution in [1.29, 1.82) is 0 Å². The van der Waals surface area contributed by atoms with Crippen molar-refractivity contribution in [1.82, 2.24) is 15.0 Å². The van der Waals surface area contributed by atoms with E-state index < -0.39 is 0 Å². The summed E-state index contributed by atoms with van der Waals surface area (Å²) in [6.07, 6.45) is 11.3. The van der Waals surface area contributed by atoms with E-state index >= 15 is 0 Å². The average Bonchev–Trinajstić information content (AvgIpc) is 3.11. The Bertz CT molecular complexity index is 2260. The second-order valence-corrected chi connectivity index (χ2v) is 10.9. The highest BCUT2D eigenvalue weighted by Crippen LogP contribution is 2.45. The summed E-state index contributed by atoms with van der Waals surface area (Å²) in [7, 11) is 0. The summed E-state index contributed by atoms with van der Waals surface area (Å²) in [6, 6.07) is 45.5. The maximum absolute atomic E-state index is 4.71. The SMILES string of the molecule is c1ccc(-c2ccc3c(-c4cncc(-c5cccnc5)c4)c4ccccc4c(-c4cccc(-c5ccncc5)c4)c3c2)cc1. The van der Waals surface area contributed by atoms with E-state index in [-0.39, 0.29) is 0 Å². The number of nitrogens with zero attached hydrogens (tertiary/aromatic N) is 3. The van der Waals surface area contributed by atoms with Crippen LogP contribution in [0.15, 0.2) is 165 Å². The molecule has 44 heavy (non-hydrogen) atoms. The molecule has 5 aromatic carbocycles. The van der Waals surface area contributed by atoms with Crippen LogP contribution in [0.5, 0.6) is 0 Å². The number of aromatic nitrogens is 3.